The van der Waals surface area contributed by atoms with E-state index in [4.69, 9.17) is 4.74 Å². The lowest BCUT2D eigenvalue weighted by atomic mass is 9.81. The summed E-state index contributed by atoms with van der Waals surface area (Å²) in [6.45, 7) is 3.79. The molecule has 4 nitrogen and oxygen atoms in total. The zero-order chi connectivity index (χ0) is 16.0. The molecular weight excluding hydrogens is 288 g/mol. The zero-order valence-corrected chi connectivity index (χ0v) is 13.7. The molecule has 1 aromatic heterocycles. The van der Waals surface area contributed by atoms with Gasteiger partial charge in [-0.25, -0.2) is 0 Å². The number of nitrogens with zero attached hydrogens (tertiary/aromatic N) is 2. The first kappa shape index (κ1) is 14.5. The Bertz CT molecular complexity index is 773. The number of hydrogen-bond acceptors (Lipinski definition) is 4. The molecule has 0 radical (unpaired) electrons. The number of fused-ring (bicyclic) bond motifs is 2. The number of rotatable bonds is 2. The van der Waals surface area contributed by atoms with Crippen molar-refractivity contribution >= 4 is 22.6 Å². The third-order valence-electron chi connectivity index (χ3n) is 5.75. The molecular formula is C19H22N2O2. The van der Waals surface area contributed by atoms with Gasteiger partial charge in [0.1, 0.15) is 0 Å². The number of methoxy groups -OCH3 is 1. The summed E-state index contributed by atoms with van der Waals surface area (Å²) in [6, 6.07) is 8.38. The van der Waals surface area contributed by atoms with Crippen LogP contribution in [0.2, 0.25) is 0 Å². The van der Waals surface area contributed by atoms with Gasteiger partial charge in [-0.3, -0.25) is 9.78 Å². The molecule has 1 aliphatic heterocycles. The SMILES string of the molecule is COC(=O)C12CCCC1CN(c1ccnc3c(C)cccc13)C2. The Hall–Kier alpha value is -2.10. The first-order chi connectivity index (χ1) is 11.2. The number of aromatic nitrogens is 1. The minimum atomic E-state index is -0.311. The summed E-state index contributed by atoms with van der Waals surface area (Å²) < 4.78 is 5.15. The molecule has 1 aromatic carbocycles. The Morgan fingerprint density at radius 1 is 1.39 bits per heavy atom. The van der Waals surface area contributed by atoms with Crippen LogP contribution >= 0.6 is 0 Å². The van der Waals surface area contributed by atoms with E-state index >= 15 is 0 Å². The molecule has 1 saturated heterocycles. The highest BCUT2D eigenvalue weighted by atomic mass is 16.5. The van der Waals surface area contributed by atoms with E-state index in [0.29, 0.717) is 5.92 Å². The fraction of sp³-hybridized carbons (Fsp3) is 0.474. The second-order valence-electron chi connectivity index (χ2n) is 6.92. The van der Waals surface area contributed by atoms with Crippen LogP contribution in [0.3, 0.4) is 0 Å². The molecule has 120 valence electrons. The van der Waals surface area contributed by atoms with Gasteiger partial charge in [0.2, 0.25) is 0 Å². The van der Waals surface area contributed by atoms with Crippen LogP contribution in [0.1, 0.15) is 24.8 Å². The highest BCUT2D eigenvalue weighted by Gasteiger charge is 2.55. The number of anilines is 1. The molecule has 2 fully saturated rings. The van der Waals surface area contributed by atoms with Gasteiger partial charge in [0, 0.05) is 30.4 Å². The van der Waals surface area contributed by atoms with Crippen molar-refractivity contribution in [2.45, 2.75) is 26.2 Å². The highest BCUT2D eigenvalue weighted by molar-refractivity contribution is 5.94. The summed E-state index contributed by atoms with van der Waals surface area (Å²) in [5.74, 6) is 0.375. The first-order valence-electron chi connectivity index (χ1n) is 8.33. The Morgan fingerprint density at radius 2 is 2.26 bits per heavy atom. The van der Waals surface area contributed by atoms with Crippen LogP contribution in [0.15, 0.2) is 30.5 Å². The summed E-state index contributed by atoms with van der Waals surface area (Å²) in [5, 5.41) is 1.17. The van der Waals surface area contributed by atoms with E-state index in [9.17, 15) is 4.79 Å². The lowest BCUT2D eigenvalue weighted by molar-refractivity contribution is -0.152. The molecule has 0 amide bonds. The van der Waals surface area contributed by atoms with Crippen molar-refractivity contribution in [3.8, 4) is 0 Å². The molecule has 1 aliphatic carbocycles. The third-order valence-corrected chi connectivity index (χ3v) is 5.75. The molecule has 0 spiro atoms. The van der Waals surface area contributed by atoms with Gasteiger partial charge in [0.05, 0.1) is 18.0 Å². The van der Waals surface area contributed by atoms with E-state index in [2.05, 4.69) is 41.1 Å². The molecule has 0 N–H and O–H groups in total. The fourth-order valence-electron chi connectivity index (χ4n) is 4.59. The van der Waals surface area contributed by atoms with Crippen LogP contribution in [0.5, 0.6) is 0 Å². The van der Waals surface area contributed by atoms with E-state index in [1.165, 1.54) is 23.7 Å². The van der Waals surface area contributed by atoms with E-state index in [1.807, 2.05) is 6.20 Å². The summed E-state index contributed by atoms with van der Waals surface area (Å²) in [5.41, 5.74) is 3.12. The number of para-hydroxylation sites is 1. The van der Waals surface area contributed by atoms with Gasteiger partial charge < -0.3 is 9.64 Å². The molecule has 2 unspecified atom stereocenters. The predicted octanol–water partition coefficient (Wildman–Crippen LogP) is 3.32. The van der Waals surface area contributed by atoms with E-state index < -0.39 is 0 Å². The van der Waals surface area contributed by atoms with Gasteiger partial charge >= 0.3 is 5.97 Å². The maximum Gasteiger partial charge on any atom is 0.313 e. The normalized spacial score (nSPS) is 26.5. The molecule has 4 rings (SSSR count). The maximum absolute atomic E-state index is 12.5. The second kappa shape index (κ2) is 5.22. The largest absolute Gasteiger partial charge is 0.469 e. The van der Waals surface area contributed by atoms with Crippen molar-refractivity contribution in [1.82, 2.24) is 4.98 Å². The van der Waals surface area contributed by atoms with Gasteiger partial charge in [-0.05, 0) is 37.3 Å². The van der Waals surface area contributed by atoms with Crippen molar-refractivity contribution < 1.29 is 9.53 Å². The number of esters is 1. The van der Waals surface area contributed by atoms with Crippen molar-refractivity contribution in [3.05, 3.63) is 36.0 Å². The number of pyridine rings is 1. The third kappa shape index (κ3) is 2.04. The molecule has 0 bridgehead atoms. The van der Waals surface area contributed by atoms with Crippen LogP contribution in [0, 0.1) is 18.3 Å². The Balaban J connectivity index is 1.76. The lowest BCUT2D eigenvalue weighted by Crippen LogP contribution is -2.36. The molecule has 23 heavy (non-hydrogen) atoms. The standard InChI is InChI=1S/C19H22N2O2/c1-13-5-3-7-15-16(8-10-20-17(13)15)21-11-14-6-4-9-19(14,12-21)18(22)23-2/h3,5,7-8,10,14H,4,6,9,11-12H2,1-2H3. The molecule has 2 heterocycles. The van der Waals surface area contributed by atoms with E-state index in [0.717, 1.165) is 37.9 Å². The average Bonchev–Trinajstić information content (AvgIpc) is 3.12. The highest BCUT2D eigenvalue weighted by Crippen LogP contribution is 2.51. The van der Waals surface area contributed by atoms with Crippen molar-refractivity contribution in [2.24, 2.45) is 11.3 Å². The quantitative estimate of drug-likeness (QED) is 0.798. The second-order valence-corrected chi connectivity index (χ2v) is 6.92. The molecule has 2 aromatic rings. The number of carbonyl (C=O) groups excluding carboxylic acids is 1. The summed E-state index contributed by atoms with van der Waals surface area (Å²) >= 11 is 0. The van der Waals surface area contributed by atoms with Gasteiger partial charge in [-0.1, -0.05) is 24.6 Å². The van der Waals surface area contributed by atoms with Crippen LogP contribution in [0.25, 0.3) is 10.9 Å². The zero-order valence-electron chi connectivity index (χ0n) is 13.7. The molecule has 2 aliphatic rings. The van der Waals surface area contributed by atoms with E-state index in [-0.39, 0.29) is 11.4 Å². The minimum Gasteiger partial charge on any atom is -0.469 e. The monoisotopic (exact) mass is 310 g/mol. The summed E-state index contributed by atoms with van der Waals surface area (Å²) in [6.07, 6.45) is 5.07. The predicted molar refractivity (Wildman–Crippen MR) is 90.5 cm³/mol. The molecule has 2 atom stereocenters. The van der Waals surface area contributed by atoms with Crippen LogP contribution in [-0.4, -0.2) is 31.2 Å². The molecule has 4 heteroatoms. The number of ether oxygens (including phenoxy) is 1. The Morgan fingerprint density at radius 3 is 3.09 bits per heavy atom. The van der Waals surface area contributed by atoms with Crippen molar-refractivity contribution in [1.29, 1.82) is 0 Å². The smallest absolute Gasteiger partial charge is 0.313 e. The van der Waals surface area contributed by atoms with Crippen LogP contribution in [-0.2, 0) is 9.53 Å². The van der Waals surface area contributed by atoms with Crippen LogP contribution in [0.4, 0.5) is 5.69 Å². The van der Waals surface area contributed by atoms with Gasteiger partial charge in [-0.2, -0.15) is 0 Å². The number of aryl methyl sites for hydroxylation is 1. The lowest BCUT2D eigenvalue weighted by Gasteiger charge is -2.26. The van der Waals surface area contributed by atoms with Crippen molar-refractivity contribution in [3.63, 3.8) is 0 Å². The van der Waals surface area contributed by atoms with Crippen molar-refractivity contribution in [2.75, 3.05) is 25.1 Å². The minimum absolute atomic E-state index is 0.0305. The van der Waals surface area contributed by atoms with E-state index in [1.54, 1.807) is 0 Å². The molecule has 1 saturated carbocycles. The summed E-state index contributed by atoms with van der Waals surface area (Å²) in [4.78, 5) is 19.4. The number of benzene rings is 1. The number of carbonyl (C=O) groups is 1. The van der Waals surface area contributed by atoms with Gasteiger partial charge in [0.15, 0.2) is 0 Å². The topological polar surface area (TPSA) is 42.4 Å². The fourth-order valence-corrected chi connectivity index (χ4v) is 4.59. The Labute approximate surface area is 136 Å². The maximum atomic E-state index is 12.5. The first-order valence-corrected chi connectivity index (χ1v) is 8.33. The number of hydrogen-bond donors (Lipinski definition) is 0. The summed E-state index contributed by atoms with van der Waals surface area (Å²) in [7, 11) is 1.51. The van der Waals surface area contributed by atoms with Gasteiger partial charge in [-0.15, -0.1) is 0 Å². The van der Waals surface area contributed by atoms with Gasteiger partial charge in [0.25, 0.3) is 0 Å². The average molecular weight is 310 g/mol. The van der Waals surface area contributed by atoms with Crippen LogP contribution < -0.4 is 4.90 Å². The Kier molecular flexibility index (Phi) is 3.29.